The Kier molecular flexibility index (Phi) is 5.28. The zero-order valence-corrected chi connectivity index (χ0v) is 17.8. The van der Waals surface area contributed by atoms with Gasteiger partial charge in [-0.1, -0.05) is 18.2 Å². The Hall–Kier alpha value is -3.79. The first-order valence-electron chi connectivity index (χ1n) is 10.6. The highest BCUT2D eigenvalue weighted by Gasteiger charge is 2.32. The number of nitrogens with two attached hydrogens (primary N) is 1. The number of fused-ring (bicyclic) bond motifs is 1. The molecule has 0 aliphatic carbocycles. The molecule has 32 heavy (non-hydrogen) atoms. The predicted molar refractivity (Wildman–Crippen MR) is 122 cm³/mol. The number of nitrogens with one attached hydrogen (secondary N) is 1. The van der Waals surface area contributed by atoms with E-state index in [1.807, 2.05) is 31.2 Å². The average Bonchev–Trinajstić information content (AvgIpc) is 3.25. The molecule has 10 nitrogen and oxygen atoms in total. The van der Waals surface area contributed by atoms with Crippen LogP contribution < -0.4 is 20.9 Å². The fourth-order valence-corrected chi connectivity index (χ4v) is 3.94. The van der Waals surface area contributed by atoms with E-state index in [1.165, 1.54) is 0 Å². The van der Waals surface area contributed by atoms with Gasteiger partial charge in [0, 0.05) is 48.8 Å². The fourth-order valence-electron chi connectivity index (χ4n) is 3.94. The number of para-hydroxylation sites is 1. The molecule has 5 rings (SSSR count). The van der Waals surface area contributed by atoms with E-state index in [0.29, 0.717) is 51.0 Å². The van der Waals surface area contributed by atoms with E-state index in [4.69, 9.17) is 20.4 Å². The van der Waals surface area contributed by atoms with Gasteiger partial charge in [0.15, 0.2) is 0 Å². The van der Waals surface area contributed by atoms with Crippen molar-refractivity contribution in [2.24, 2.45) is 0 Å². The van der Waals surface area contributed by atoms with Crippen molar-refractivity contribution in [2.45, 2.75) is 13.3 Å². The summed E-state index contributed by atoms with van der Waals surface area (Å²) in [5.41, 5.74) is 9.82. The molecule has 0 radical (unpaired) electrons. The van der Waals surface area contributed by atoms with Crippen molar-refractivity contribution >= 4 is 29.4 Å². The molecule has 1 saturated heterocycles. The Balaban J connectivity index is 1.54. The molecule has 2 aromatic heterocycles. The molecule has 0 unspecified atom stereocenters. The summed E-state index contributed by atoms with van der Waals surface area (Å²) < 4.78 is 5.47. The van der Waals surface area contributed by atoms with Crippen LogP contribution >= 0.6 is 0 Å². The quantitative estimate of drug-likeness (QED) is 0.646. The maximum absolute atomic E-state index is 13.2. The Bertz CT molecular complexity index is 1150. The van der Waals surface area contributed by atoms with Crippen molar-refractivity contribution in [3.63, 3.8) is 0 Å². The number of rotatable bonds is 3. The highest BCUT2D eigenvalue weighted by atomic mass is 16.5. The lowest BCUT2D eigenvalue weighted by molar-refractivity contribution is 0.122. The van der Waals surface area contributed by atoms with Crippen molar-refractivity contribution in [3.05, 3.63) is 47.8 Å². The summed E-state index contributed by atoms with van der Waals surface area (Å²) in [6.45, 7) is 5.07. The number of ether oxygens (including phenoxy) is 1. The van der Waals surface area contributed by atoms with Gasteiger partial charge in [-0.25, -0.2) is 19.7 Å². The van der Waals surface area contributed by atoms with Crippen LogP contribution in [0.4, 0.5) is 28.2 Å². The van der Waals surface area contributed by atoms with E-state index in [-0.39, 0.29) is 12.0 Å². The van der Waals surface area contributed by atoms with Crippen molar-refractivity contribution in [3.8, 4) is 11.3 Å². The number of carbonyl (C=O) groups is 1. The van der Waals surface area contributed by atoms with Gasteiger partial charge in [0.2, 0.25) is 11.9 Å². The minimum Gasteiger partial charge on any atom is -0.378 e. The van der Waals surface area contributed by atoms with E-state index in [1.54, 1.807) is 17.3 Å². The summed E-state index contributed by atoms with van der Waals surface area (Å²) in [5, 5.41) is 3.01. The van der Waals surface area contributed by atoms with E-state index >= 15 is 0 Å². The van der Waals surface area contributed by atoms with Crippen LogP contribution in [0.5, 0.6) is 0 Å². The summed E-state index contributed by atoms with van der Waals surface area (Å²) in [4.78, 5) is 34.8. The molecular formula is C22H24N8O2. The SMILES string of the molecule is Cc1ccccc1NC(=O)N1CCc2c(-c3cnc(N)nc3)nc(N3CCOCC3)nc21. The molecule has 2 aliphatic heterocycles. The van der Waals surface area contributed by atoms with Gasteiger partial charge in [-0.3, -0.25) is 4.90 Å². The number of anilines is 4. The predicted octanol–water partition coefficient (Wildman–Crippen LogP) is 2.26. The van der Waals surface area contributed by atoms with E-state index in [0.717, 1.165) is 28.1 Å². The van der Waals surface area contributed by atoms with E-state index < -0.39 is 0 Å². The number of hydrogen-bond donors (Lipinski definition) is 2. The van der Waals surface area contributed by atoms with Gasteiger partial charge >= 0.3 is 6.03 Å². The number of aromatic nitrogens is 4. The zero-order valence-electron chi connectivity index (χ0n) is 17.8. The van der Waals surface area contributed by atoms with Crippen molar-refractivity contribution in [2.75, 3.05) is 53.7 Å². The lowest BCUT2D eigenvalue weighted by Crippen LogP contribution is -2.38. The molecule has 3 aromatic rings. The second-order valence-corrected chi connectivity index (χ2v) is 7.75. The fraction of sp³-hybridized carbons (Fsp3) is 0.318. The molecule has 0 saturated carbocycles. The number of amides is 2. The first-order valence-corrected chi connectivity index (χ1v) is 10.6. The summed E-state index contributed by atoms with van der Waals surface area (Å²) in [7, 11) is 0. The van der Waals surface area contributed by atoms with Gasteiger partial charge < -0.3 is 20.7 Å². The van der Waals surface area contributed by atoms with Crippen LogP contribution in [0, 0.1) is 6.92 Å². The second kappa shape index (κ2) is 8.39. The number of urea groups is 1. The van der Waals surface area contributed by atoms with Crippen LogP contribution in [-0.2, 0) is 11.2 Å². The second-order valence-electron chi connectivity index (χ2n) is 7.75. The van der Waals surface area contributed by atoms with Crippen molar-refractivity contribution in [1.29, 1.82) is 0 Å². The first kappa shape index (κ1) is 20.1. The van der Waals surface area contributed by atoms with Crippen LogP contribution in [-0.4, -0.2) is 58.8 Å². The molecule has 10 heteroatoms. The van der Waals surface area contributed by atoms with Gasteiger partial charge in [-0.2, -0.15) is 4.98 Å². The molecule has 3 N–H and O–H groups in total. The number of nitrogen functional groups attached to an aromatic ring is 1. The Labute approximate surface area is 185 Å². The number of nitrogens with zero attached hydrogens (tertiary/aromatic N) is 6. The molecule has 4 heterocycles. The molecule has 1 fully saturated rings. The molecule has 1 aromatic carbocycles. The first-order chi connectivity index (χ1) is 15.6. The highest BCUT2D eigenvalue weighted by molar-refractivity contribution is 6.03. The summed E-state index contributed by atoms with van der Waals surface area (Å²) in [5.74, 6) is 1.38. The van der Waals surface area contributed by atoms with Crippen molar-refractivity contribution < 1.29 is 9.53 Å². The minimum absolute atomic E-state index is 0.201. The van der Waals surface area contributed by atoms with Gasteiger partial charge in [0.1, 0.15) is 5.82 Å². The maximum Gasteiger partial charge on any atom is 0.327 e. The lowest BCUT2D eigenvalue weighted by Gasteiger charge is -2.28. The molecular weight excluding hydrogens is 408 g/mol. The largest absolute Gasteiger partial charge is 0.378 e. The number of benzene rings is 1. The number of hydrogen-bond acceptors (Lipinski definition) is 8. The third-order valence-corrected chi connectivity index (χ3v) is 5.69. The summed E-state index contributed by atoms with van der Waals surface area (Å²) in [6, 6.07) is 7.48. The Morgan fingerprint density at radius 2 is 1.84 bits per heavy atom. The van der Waals surface area contributed by atoms with Crippen LogP contribution in [0.25, 0.3) is 11.3 Å². The van der Waals surface area contributed by atoms with E-state index in [2.05, 4.69) is 20.2 Å². The summed E-state index contributed by atoms with van der Waals surface area (Å²) >= 11 is 0. The number of morpholine rings is 1. The topological polar surface area (TPSA) is 122 Å². The third kappa shape index (κ3) is 3.80. The van der Waals surface area contributed by atoms with Crippen molar-refractivity contribution in [1.82, 2.24) is 19.9 Å². The molecule has 0 spiro atoms. The van der Waals surface area contributed by atoms with Crippen LogP contribution in [0.2, 0.25) is 0 Å². The molecule has 0 bridgehead atoms. The van der Waals surface area contributed by atoms with Gasteiger partial charge in [0.05, 0.1) is 18.9 Å². The lowest BCUT2D eigenvalue weighted by atomic mass is 10.1. The van der Waals surface area contributed by atoms with Crippen LogP contribution in [0.1, 0.15) is 11.1 Å². The standard InChI is InChI=1S/C22H24N8O2/c1-14-4-2-3-5-17(14)26-22(31)30-7-6-16-18(15-12-24-20(23)25-13-15)27-21(28-19(16)30)29-8-10-32-11-9-29/h2-5,12-13H,6-11H2,1H3,(H,26,31)(H2,23,24,25). The number of aryl methyl sites for hydroxylation is 1. The number of carbonyl (C=O) groups excluding carboxylic acids is 1. The monoisotopic (exact) mass is 432 g/mol. The maximum atomic E-state index is 13.2. The normalized spacial score (nSPS) is 15.5. The molecule has 2 amide bonds. The molecule has 164 valence electrons. The highest BCUT2D eigenvalue weighted by Crippen LogP contribution is 2.35. The Morgan fingerprint density at radius 1 is 1.09 bits per heavy atom. The van der Waals surface area contributed by atoms with Crippen LogP contribution in [0.15, 0.2) is 36.7 Å². The van der Waals surface area contributed by atoms with Gasteiger partial charge in [-0.05, 0) is 25.0 Å². The third-order valence-electron chi connectivity index (χ3n) is 5.69. The minimum atomic E-state index is -0.218. The zero-order chi connectivity index (χ0) is 22.1. The average molecular weight is 432 g/mol. The molecule has 0 atom stereocenters. The molecule has 2 aliphatic rings. The summed E-state index contributed by atoms with van der Waals surface area (Å²) in [6.07, 6.45) is 3.95. The van der Waals surface area contributed by atoms with Gasteiger partial charge in [-0.15, -0.1) is 0 Å². The van der Waals surface area contributed by atoms with Gasteiger partial charge in [0.25, 0.3) is 0 Å². The van der Waals surface area contributed by atoms with Crippen LogP contribution in [0.3, 0.4) is 0 Å². The van der Waals surface area contributed by atoms with E-state index in [9.17, 15) is 4.79 Å². The Morgan fingerprint density at radius 3 is 2.59 bits per heavy atom. The smallest absolute Gasteiger partial charge is 0.327 e.